The lowest BCUT2D eigenvalue weighted by Crippen LogP contribution is -2.35. The van der Waals surface area contributed by atoms with Gasteiger partial charge in [-0.05, 0) is 18.2 Å². The topological polar surface area (TPSA) is 102 Å². The number of amides is 2. The zero-order valence-corrected chi connectivity index (χ0v) is 13.9. The lowest BCUT2D eigenvalue weighted by atomic mass is 10.2. The van der Waals surface area contributed by atoms with E-state index in [9.17, 15) is 14.4 Å². The Morgan fingerprint density at radius 3 is 2.48 bits per heavy atom. The van der Waals surface area contributed by atoms with Gasteiger partial charge in [-0.15, -0.1) is 0 Å². The number of nitrogens with one attached hydrogen (secondary N) is 2. The van der Waals surface area contributed by atoms with Crippen LogP contribution in [0.4, 0.5) is 0 Å². The molecule has 0 radical (unpaired) electrons. The first kappa shape index (κ1) is 18.3. The molecule has 2 aromatic rings. The van der Waals surface area contributed by atoms with Crippen molar-refractivity contribution in [3.05, 3.63) is 64.3 Å². The van der Waals surface area contributed by atoms with Gasteiger partial charge in [0, 0.05) is 51.4 Å². The Morgan fingerprint density at radius 2 is 1.84 bits per heavy atom. The van der Waals surface area contributed by atoms with Crippen LogP contribution >= 0.6 is 0 Å². The van der Waals surface area contributed by atoms with E-state index in [1.807, 2.05) is 0 Å². The summed E-state index contributed by atoms with van der Waals surface area (Å²) < 4.78 is 6.35. The van der Waals surface area contributed by atoms with Crippen molar-refractivity contribution < 1.29 is 14.3 Å². The zero-order valence-electron chi connectivity index (χ0n) is 13.9. The molecule has 0 saturated heterocycles. The molecule has 8 nitrogen and oxygen atoms in total. The predicted molar refractivity (Wildman–Crippen MR) is 91.5 cm³/mol. The molecule has 8 heteroatoms. The molecule has 0 aliphatic carbocycles. The molecule has 0 saturated carbocycles. The van der Waals surface area contributed by atoms with E-state index in [1.54, 1.807) is 25.4 Å². The molecule has 0 aliphatic heterocycles. The first-order valence-corrected chi connectivity index (χ1v) is 7.77. The molecule has 0 unspecified atom stereocenters. The number of carbonyl (C=O) groups excluding carboxylic acids is 2. The lowest BCUT2D eigenvalue weighted by molar-refractivity contribution is 0.0927. The molecule has 2 aromatic heterocycles. The Kier molecular flexibility index (Phi) is 6.85. The van der Waals surface area contributed by atoms with Crippen molar-refractivity contribution in [2.45, 2.75) is 6.54 Å². The minimum Gasteiger partial charge on any atom is -0.383 e. The Morgan fingerprint density at radius 1 is 1.12 bits per heavy atom. The molecule has 2 N–H and O–H groups in total. The summed E-state index contributed by atoms with van der Waals surface area (Å²) in [5.41, 5.74) is 0.630. The summed E-state index contributed by atoms with van der Waals surface area (Å²) in [7, 11) is 1.54. The average Bonchev–Trinajstić information content (AvgIpc) is 2.65. The van der Waals surface area contributed by atoms with Gasteiger partial charge in [0.05, 0.1) is 17.7 Å². The highest BCUT2D eigenvalue weighted by atomic mass is 16.5. The number of pyridine rings is 2. The summed E-state index contributed by atoms with van der Waals surface area (Å²) in [6.07, 6.45) is 4.55. The normalized spacial score (nSPS) is 10.3. The third-order valence-electron chi connectivity index (χ3n) is 3.40. The maximum atomic E-state index is 12.1. The number of aromatic nitrogens is 2. The Labute approximate surface area is 144 Å². The first-order chi connectivity index (χ1) is 12.1. The summed E-state index contributed by atoms with van der Waals surface area (Å²) in [5, 5.41) is 5.38. The van der Waals surface area contributed by atoms with Crippen LogP contribution in [0.25, 0.3) is 0 Å². The van der Waals surface area contributed by atoms with Crippen LogP contribution in [0, 0.1) is 0 Å². The standard InChI is InChI=1S/C17H20N4O4/c1-25-10-9-21-12-14(4-5-15(21)22)17(24)20-8-7-19-16(23)13-3-2-6-18-11-13/h2-6,11-12H,7-10H2,1H3,(H,19,23)(H,20,24). The van der Waals surface area contributed by atoms with Gasteiger partial charge in [-0.1, -0.05) is 0 Å². The number of ether oxygens (including phenoxy) is 1. The van der Waals surface area contributed by atoms with Crippen LogP contribution in [0.2, 0.25) is 0 Å². The Hall–Kier alpha value is -3.00. The second-order valence-corrected chi connectivity index (χ2v) is 5.20. The molecule has 0 aliphatic rings. The third kappa shape index (κ3) is 5.54. The van der Waals surface area contributed by atoms with Crippen molar-refractivity contribution >= 4 is 11.8 Å². The van der Waals surface area contributed by atoms with Crippen LogP contribution in [0.15, 0.2) is 47.7 Å². The quantitative estimate of drug-likeness (QED) is 0.659. The van der Waals surface area contributed by atoms with E-state index < -0.39 is 0 Å². The summed E-state index contributed by atoms with van der Waals surface area (Å²) in [6.45, 7) is 1.30. The summed E-state index contributed by atoms with van der Waals surface area (Å²) >= 11 is 0. The van der Waals surface area contributed by atoms with Crippen molar-refractivity contribution in [3.63, 3.8) is 0 Å². The van der Waals surface area contributed by atoms with Crippen LogP contribution in [-0.2, 0) is 11.3 Å². The van der Waals surface area contributed by atoms with Crippen molar-refractivity contribution in [1.82, 2.24) is 20.2 Å². The number of hydrogen-bond acceptors (Lipinski definition) is 5. The van der Waals surface area contributed by atoms with Crippen LogP contribution in [-0.4, -0.2) is 48.2 Å². The minimum atomic E-state index is -0.318. The second-order valence-electron chi connectivity index (χ2n) is 5.20. The average molecular weight is 344 g/mol. The molecule has 0 aromatic carbocycles. The summed E-state index contributed by atoms with van der Waals surface area (Å²) in [4.78, 5) is 39.5. The fraction of sp³-hybridized carbons (Fsp3) is 0.294. The number of rotatable bonds is 8. The van der Waals surface area contributed by atoms with Crippen LogP contribution in [0.5, 0.6) is 0 Å². The van der Waals surface area contributed by atoms with Gasteiger partial charge in [0.25, 0.3) is 17.4 Å². The molecule has 0 fully saturated rings. The van der Waals surface area contributed by atoms with Gasteiger partial charge in [0.15, 0.2) is 0 Å². The van der Waals surface area contributed by atoms with Crippen LogP contribution in [0.3, 0.4) is 0 Å². The Balaban J connectivity index is 1.82. The zero-order chi connectivity index (χ0) is 18.1. The number of methoxy groups -OCH3 is 1. The molecule has 132 valence electrons. The maximum Gasteiger partial charge on any atom is 0.252 e. The van der Waals surface area contributed by atoms with E-state index in [1.165, 1.54) is 29.1 Å². The van der Waals surface area contributed by atoms with E-state index in [2.05, 4.69) is 15.6 Å². The van der Waals surface area contributed by atoms with Crippen LogP contribution in [0.1, 0.15) is 20.7 Å². The molecular weight excluding hydrogens is 324 g/mol. The van der Waals surface area contributed by atoms with Crippen LogP contribution < -0.4 is 16.2 Å². The molecular formula is C17H20N4O4. The van der Waals surface area contributed by atoms with E-state index in [0.717, 1.165) is 0 Å². The van der Waals surface area contributed by atoms with Gasteiger partial charge in [0.1, 0.15) is 0 Å². The minimum absolute atomic E-state index is 0.197. The first-order valence-electron chi connectivity index (χ1n) is 7.77. The molecule has 0 atom stereocenters. The van der Waals surface area contributed by atoms with Gasteiger partial charge < -0.3 is 19.9 Å². The van der Waals surface area contributed by atoms with E-state index >= 15 is 0 Å². The lowest BCUT2D eigenvalue weighted by Gasteiger charge is -2.09. The second kappa shape index (κ2) is 9.33. The van der Waals surface area contributed by atoms with Gasteiger partial charge in [0.2, 0.25) is 0 Å². The van der Waals surface area contributed by atoms with E-state index in [4.69, 9.17) is 4.74 Å². The smallest absolute Gasteiger partial charge is 0.252 e. The molecule has 2 rings (SSSR count). The van der Waals surface area contributed by atoms with Gasteiger partial charge in [-0.25, -0.2) is 0 Å². The summed E-state index contributed by atoms with van der Waals surface area (Å²) in [5.74, 6) is -0.572. The molecule has 0 spiro atoms. The number of hydrogen-bond donors (Lipinski definition) is 2. The number of carbonyl (C=O) groups is 2. The molecule has 2 heterocycles. The number of nitrogens with zero attached hydrogens (tertiary/aromatic N) is 2. The largest absolute Gasteiger partial charge is 0.383 e. The SMILES string of the molecule is COCCn1cc(C(=O)NCCNC(=O)c2cccnc2)ccc1=O. The van der Waals surface area contributed by atoms with E-state index in [-0.39, 0.29) is 30.5 Å². The highest BCUT2D eigenvalue weighted by molar-refractivity contribution is 5.94. The fourth-order valence-electron chi connectivity index (χ4n) is 2.08. The fourth-order valence-corrected chi connectivity index (χ4v) is 2.08. The Bertz CT molecular complexity index is 774. The van der Waals surface area contributed by atoms with E-state index in [0.29, 0.717) is 24.3 Å². The summed E-state index contributed by atoms with van der Waals surface area (Å²) in [6, 6.07) is 6.14. The molecule has 0 bridgehead atoms. The maximum absolute atomic E-state index is 12.1. The van der Waals surface area contributed by atoms with Gasteiger partial charge in [-0.2, -0.15) is 0 Å². The molecule has 2 amide bonds. The van der Waals surface area contributed by atoms with Crippen molar-refractivity contribution in [1.29, 1.82) is 0 Å². The van der Waals surface area contributed by atoms with Crippen molar-refractivity contribution in [3.8, 4) is 0 Å². The van der Waals surface area contributed by atoms with Gasteiger partial charge in [-0.3, -0.25) is 19.4 Å². The monoisotopic (exact) mass is 344 g/mol. The van der Waals surface area contributed by atoms with Crippen molar-refractivity contribution in [2.24, 2.45) is 0 Å². The predicted octanol–water partition coefficient (Wildman–Crippen LogP) is 0.0495. The van der Waals surface area contributed by atoms with Gasteiger partial charge >= 0.3 is 0 Å². The highest BCUT2D eigenvalue weighted by Gasteiger charge is 2.08. The van der Waals surface area contributed by atoms with Crippen molar-refractivity contribution in [2.75, 3.05) is 26.8 Å². The molecule has 25 heavy (non-hydrogen) atoms. The third-order valence-corrected chi connectivity index (χ3v) is 3.40. The highest BCUT2D eigenvalue weighted by Crippen LogP contribution is 1.97.